The van der Waals surface area contributed by atoms with E-state index >= 15 is 0 Å². The number of imide groups is 1. The van der Waals surface area contributed by atoms with Crippen molar-refractivity contribution >= 4 is 44.9 Å². The molecule has 3 aliphatic heterocycles. The van der Waals surface area contributed by atoms with Crippen molar-refractivity contribution in [2.24, 2.45) is 0 Å². The Balaban J connectivity index is 1.32. The summed E-state index contributed by atoms with van der Waals surface area (Å²) in [4.78, 5) is 38.6. The Morgan fingerprint density at radius 3 is 2.28 bits per heavy atom. The molecule has 10 nitrogen and oxygen atoms in total. The molecule has 1 unspecified atom stereocenters. The van der Waals surface area contributed by atoms with Crippen LogP contribution in [0.3, 0.4) is 0 Å². The normalized spacial score (nSPS) is 19.2. The van der Waals surface area contributed by atoms with Crippen molar-refractivity contribution in [3.63, 3.8) is 0 Å². The number of anilines is 1. The number of unbranched alkanes of at least 4 members (excludes halogenated alkanes) is 2. The minimum Gasteiger partial charge on any atom is -0.746 e. The molecular weight excluding hydrogens is 653 g/mol. The Hall–Kier alpha value is -4.35. The average molecular weight is 701 g/mol. The first-order valence-corrected chi connectivity index (χ1v) is 18.9. The third-order valence-electron chi connectivity index (χ3n) is 10.0. The molecule has 50 heavy (non-hydrogen) atoms. The van der Waals surface area contributed by atoms with E-state index in [4.69, 9.17) is 0 Å². The highest BCUT2D eigenvalue weighted by Crippen LogP contribution is 2.49. The van der Waals surface area contributed by atoms with Crippen molar-refractivity contribution in [1.82, 2.24) is 10.2 Å². The molecule has 1 N–H and O–H groups in total. The molecule has 0 saturated carbocycles. The third kappa shape index (κ3) is 7.39. The molecular formula is C39H48N4O6S. The number of fused-ring (bicyclic) bond motifs is 2. The maximum atomic E-state index is 12.6. The van der Waals surface area contributed by atoms with Gasteiger partial charge in [-0.25, -0.2) is 8.42 Å². The lowest BCUT2D eigenvalue weighted by atomic mass is 9.81. The Morgan fingerprint density at radius 2 is 1.60 bits per heavy atom. The Bertz CT molecular complexity index is 1870. The van der Waals surface area contributed by atoms with E-state index in [9.17, 15) is 27.4 Å². The van der Waals surface area contributed by atoms with Gasteiger partial charge in [0.15, 0.2) is 5.71 Å². The number of allylic oxidation sites excluding steroid dienone is 4. The fraction of sp³-hybridized carbons (Fsp3) is 0.436. The number of amides is 3. The molecule has 11 heteroatoms. The number of carbonyl (C=O) groups excluding carboxylic acids is 3. The van der Waals surface area contributed by atoms with Gasteiger partial charge >= 0.3 is 0 Å². The maximum absolute atomic E-state index is 12.6. The summed E-state index contributed by atoms with van der Waals surface area (Å²) in [7, 11) is -4.63. The summed E-state index contributed by atoms with van der Waals surface area (Å²) in [5.74, 6) is -0.822. The van der Waals surface area contributed by atoms with Gasteiger partial charge in [-0.05, 0) is 50.8 Å². The summed E-state index contributed by atoms with van der Waals surface area (Å²) in [6, 6.07) is 16.1. The third-order valence-corrected chi connectivity index (χ3v) is 11.2. The van der Waals surface area contributed by atoms with Crippen LogP contribution in [0.1, 0.15) is 84.3 Å². The molecule has 1 atom stereocenters. The van der Waals surface area contributed by atoms with Crippen LogP contribution in [0.25, 0.3) is 0 Å². The molecule has 266 valence electrons. The fourth-order valence-corrected chi connectivity index (χ4v) is 8.43. The number of nitrogens with zero attached hydrogens (tertiary/aromatic N) is 3. The molecule has 0 bridgehead atoms. The van der Waals surface area contributed by atoms with Crippen LogP contribution < -0.4 is 10.2 Å². The van der Waals surface area contributed by atoms with Crippen LogP contribution >= 0.6 is 0 Å². The number of hydrogen-bond acceptors (Lipinski definition) is 7. The molecule has 0 aliphatic carbocycles. The van der Waals surface area contributed by atoms with Gasteiger partial charge in [0.1, 0.15) is 22.0 Å². The highest BCUT2D eigenvalue weighted by Gasteiger charge is 2.45. The van der Waals surface area contributed by atoms with Crippen LogP contribution in [0.5, 0.6) is 0 Å². The van der Waals surface area contributed by atoms with Crippen LogP contribution in [-0.4, -0.2) is 70.9 Å². The number of para-hydroxylation sites is 2. The van der Waals surface area contributed by atoms with E-state index in [1.165, 1.54) is 17.7 Å². The Morgan fingerprint density at radius 1 is 0.940 bits per heavy atom. The molecule has 0 spiro atoms. The molecule has 0 saturated heterocycles. The van der Waals surface area contributed by atoms with Gasteiger partial charge in [0, 0.05) is 72.6 Å². The van der Waals surface area contributed by atoms with Crippen LogP contribution in [0.2, 0.25) is 0 Å². The van der Waals surface area contributed by atoms with Gasteiger partial charge in [0.25, 0.3) is 11.8 Å². The summed E-state index contributed by atoms with van der Waals surface area (Å²) in [5, 5.41) is 1.60. The highest BCUT2D eigenvalue weighted by molar-refractivity contribution is 7.86. The number of carbonyl (C=O) groups is 3. The van der Waals surface area contributed by atoms with E-state index in [0.29, 0.717) is 19.3 Å². The van der Waals surface area contributed by atoms with Gasteiger partial charge in [-0.15, -0.1) is 0 Å². The predicted molar refractivity (Wildman–Crippen MR) is 194 cm³/mol. The topological polar surface area (TPSA) is 130 Å². The first-order valence-electron chi connectivity index (χ1n) is 17.5. The minimum absolute atomic E-state index is 0.107. The molecule has 2 aromatic carbocycles. The molecule has 5 rings (SSSR count). The number of hydrogen-bond donors (Lipinski definition) is 1. The molecule has 0 fully saturated rings. The quantitative estimate of drug-likeness (QED) is 0.111. The second kappa shape index (κ2) is 14.9. The van der Waals surface area contributed by atoms with Gasteiger partial charge in [-0.3, -0.25) is 19.3 Å². The molecule has 0 aromatic heterocycles. The molecule has 3 aliphatic rings. The van der Waals surface area contributed by atoms with Crippen molar-refractivity contribution in [1.29, 1.82) is 0 Å². The average Bonchev–Trinajstić information content (AvgIpc) is 3.58. The van der Waals surface area contributed by atoms with E-state index in [1.807, 2.05) is 55.5 Å². The van der Waals surface area contributed by atoms with Gasteiger partial charge in [0.05, 0.1) is 5.41 Å². The van der Waals surface area contributed by atoms with Gasteiger partial charge in [-0.1, -0.05) is 69.7 Å². The molecule has 3 heterocycles. The van der Waals surface area contributed by atoms with E-state index < -0.39 is 20.9 Å². The van der Waals surface area contributed by atoms with E-state index in [2.05, 4.69) is 55.8 Å². The lowest BCUT2D eigenvalue weighted by Gasteiger charge is -2.35. The standard InChI is InChI=1S/C39H48N4O6S/c1-6-15-37(50(47,48)49)43-31-19-12-10-17-29(31)39(4,5)33(43)21-14-20-32-38(2,3)28-16-9-11-18-30(28)41(32)26-13-7-8-22-34(44)40-25-27-42-35(45)23-24-36(42)46/h9-12,14,16-21,23-24,37H,6-8,13,15,22,25-27H2,1-5H3,(H-,40,44,47,48,49). The summed E-state index contributed by atoms with van der Waals surface area (Å²) >= 11 is 0. The monoisotopic (exact) mass is 700 g/mol. The highest BCUT2D eigenvalue weighted by atomic mass is 32.2. The molecule has 2 aromatic rings. The van der Waals surface area contributed by atoms with Crippen molar-refractivity contribution in [3.8, 4) is 0 Å². The predicted octanol–water partition coefficient (Wildman–Crippen LogP) is 5.57. The zero-order chi connectivity index (χ0) is 36.3. The van der Waals surface area contributed by atoms with Crippen LogP contribution in [-0.2, 0) is 35.3 Å². The van der Waals surface area contributed by atoms with Crippen LogP contribution in [0, 0.1) is 0 Å². The maximum Gasteiger partial charge on any atom is 0.253 e. The van der Waals surface area contributed by atoms with Gasteiger partial charge in [-0.2, -0.15) is 4.58 Å². The summed E-state index contributed by atoms with van der Waals surface area (Å²) < 4.78 is 40.2. The zero-order valence-electron chi connectivity index (χ0n) is 29.6. The Kier molecular flexibility index (Phi) is 11.0. The second-order valence-corrected chi connectivity index (χ2v) is 15.7. The van der Waals surface area contributed by atoms with Gasteiger partial charge in [0.2, 0.25) is 11.6 Å². The van der Waals surface area contributed by atoms with Crippen molar-refractivity contribution < 1.29 is 31.9 Å². The fourth-order valence-electron chi connectivity index (χ4n) is 7.42. The summed E-state index contributed by atoms with van der Waals surface area (Å²) in [6.07, 6.45) is 12.1. The van der Waals surface area contributed by atoms with Crippen molar-refractivity contribution in [3.05, 3.63) is 95.7 Å². The summed E-state index contributed by atoms with van der Waals surface area (Å²) in [5.41, 5.74) is 5.14. The number of rotatable bonds is 15. The van der Waals surface area contributed by atoms with Crippen LogP contribution in [0.15, 0.2) is 84.6 Å². The largest absolute Gasteiger partial charge is 0.746 e. The number of nitrogens with one attached hydrogen (secondary N) is 1. The van der Waals surface area contributed by atoms with Crippen molar-refractivity contribution in [2.75, 3.05) is 24.5 Å². The lowest BCUT2D eigenvalue weighted by molar-refractivity contribution is -0.438. The smallest absolute Gasteiger partial charge is 0.253 e. The SMILES string of the molecule is CCCC(N1/C(=C/C=C/C2=[N+](CCCCCC(=O)NCCN3C(=O)C=CC3=O)c3ccccc3C2(C)C)C(C)(C)c2ccccc21)S(=O)(=O)[O-]. The van der Waals surface area contributed by atoms with Crippen molar-refractivity contribution in [2.45, 2.75) is 89.3 Å². The Labute approximate surface area is 296 Å². The second-order valence-electron chi connectivity index (χ2n) is 14.2. The molecule has 3 amide bonds. The first-order chi connectivity index (χ1) is 23.7. The zero-order valence-corrected chi connectivity index (χ0v) is 30.5. The lowest BCUT2D eigenvalue weighted by Crippen LogP contribution is -2.41. The van der Waals surface area contributed by atoms with E-state index in [1.54, 1.807) is 4.90 Å². The first kappa shape index (κ1) is 36.9. The van der Waals surface area contributed by atoms with Crippen LogP contribution in [0.4, 0.5) is 11.4 Å². The summed E-state index contributed by atoms with van der Waals surface area (Å²) in [6.45, 7) is 11.5. The molecule has 0 radical (unpaired) electrons. The van der Waals surface area contributed by atoms with E-state index in [0.717, 1.165) is 52.6 Å². The number of benzene rings is 2. The minimum atomic E-state index is -4.63. The van der Waals surface area contributed by atoms with E-state index in [-0.39, 0.29) is 42.6 Å². The van der Waals surface area contributed by atoms with Gasteiger partial charge < -0.3 is 14.8 Å².